The largest absolute Gasteiger partial charge is 0.394 e. The Hall–Kier alpha value is -1.07. The van der Waals surface area contributed by atoms with Gasteiger partial charge in [-0.05, 0) is 31.0 Å². The summed E-state index contributed by atoms with van der Waals surface area (Å²) in [5.74, 6) is -0.0423. The molecular formula is C11H15NO3S. The summed E-state index contributed by atoms with van der Waals surface area (Å²) in [7, 11) is -3.27. The number of sulfone groups is 1. The third kappa shape index (κ3) is 1.81. The fraction of sp³-hybridized carbons (Fsp3) is 0.455. The zero-order valence-corrected chi connectivity index (χ0v) is 10.1. The van der Waals surface area contributed by atoms with Gasteiger partial charge in [0, 0.05) is 0 Å². The van der Waals surface area contributed by atoms with Crippen LogP contribution in [-0.2, 0) is 9.84 Å². The van der Waals surface area contributed by atoms with Crippen LogP contribution in [0.25, 0.3) is 0 Å². The van der Waals surface area contributed by atoms with E-state index in [1.165, 1.54) is 0 Å². The van der Waals surface area contributed by atoms with Gasteiger partial charge in [-0.2, -0.15) is 0 Å². The number of hydrogen-bond acceptors (Lipinski definition) is 4. The van der Waals surface area contributed by atoms with Crippen molar-refractivity contribution in [1.82, 2.24) is 0 Å². The molecule has 1 aromatic carbocycles. The lowest BCUT2D eigenvalue weighted by Crippen LogP contribution is -2.37. The quantitative estimate of drug-likeness (QED) is 0.765. The van der Waals surface area contributed by atoms with Crippen LogP contribution in [-0.4, -0.2) is 31.9 Å². The Kier molecular flexibility index (Phi) is 2.67. The molecule has 0 amide bonds. The molecule has 4 nitrogen and oxygen atoms in total. The number of hydrogen-bond donors (Lipinski definition) is 2. The molecule has 0 fully saturated rings. The normalized spacial score (nSPS) is 22.3. The van der Waals surface area contributed by atoms with Gasteiger partial charge < -0.3 is 10.4 Å². The molecule has 0 aromatic heterocycles. The van der Waals surface area contributed by atoms with Crippen molar-refractivity contribution < 1.29 is 13.5 Å². The van der Waals surface area contributed by atoms with E-state index in [9.17, 15) is 8.42 Å². The molecule has 1 heterocycles. The standard InChI is InChI=1S/C11H15NO3S/c1-7-3-8(2)11-10(4-7)16(14,15)6-9(5-13)12-11/h3-4,9,12-13H,5-6H2,1-2H3. The van der Waals surface area contributed by atoms with Crippen LogP contribution in [0.5, 0.6) is 0 Å². The zero-order chi connectivity index (χ0) is 11.9. The Bertz CT molecular complexity index is 522. The predicted octanol–water partition coefficient (Wildman–Crippen LogP) is 0.864. The van der Waals surface area contributed by atoms with E-state index >= 15 is 0 Å². The molecule has 1 aliphatic heterocycles. The number of rotatable bonds is 1. The maximum absolute atomic E-state index is 12.0. The van der Waals surface area contributed by atoms with Crippen LogP contribution in [0.3, 0.4) is 0 Å². The van der Waals surface area contributed by atoms with E-state index in [4.69, 9.17) is 5.11 Å². The second kappa shape index (κ2) is 3.75. The highest BCUT2D eigenvalue weighted by Gasteiger charge is 2.30. The molecule has 0 saturated carbocycles. The van der Waals surface area contributed by atoms with E-state index in [0.717, 1.165) is 11.1 Å². The lowest BCUT2D eigenvalue weighted by atomic mass is 10.1. The molecular weight excluding hydrogens is 226 g/mol. The first-order chi connectivity index (χ1) is 7.44. The van der Waals surface area contributed by atoms with Gasteiger partial charge in [0.15, 0.2) is 9.84 Å². The first-order valence-electron chi connectivity index (χ1n) is 5.15. The van der Waals surface area contributed by atoms with Gasteiger partial charge in [0.25, 0.3) is 0 Å². The molecule has 1 aromatic rings. The summed E-state index contributed by atoms with van der Waals surface area (Å²) in [6, 6.07) is 3.21. The molecule has 0 spiro atoms. The number of fused-ring (bicyclic) bond motifs is 1. The van der Waals surface area contributed by atoms with Crippen LogP contribution < -0.4 is 5.32 Å². The van der Waals surface area contributed by atoms with Gasteiger partial charge in [0.05, 0.1) is 29.0 Å². The summed E-state index contributed by atoms with van der Waals surface area (Å²) in [6.45, 7) is 3.57. The molecule has 1 aliphatic rings. The van der Waals surface area contributed by atoms with Crippen molar-refractivity contribution in [2.45, 2.75) is 24.8 Å². The minimum Gasteiger partial charge on any atom is -0.394 e. The molecule has 1 unspecified atom stereocenters. The second-order valence-electron chi connectivity index (χ2n) is 4.26. The minimum atomic E-state index is -3.27. The average Bonchev–Trinajstić information content (AvgIpc) is 2.18. The van der Waals surface area contributed by atoms with Gasteiger partial charge in [-0.15, -0.1) is 0 Å². The second-order valence-corrected chi connectivity index (χ2v) is 6.26. The molecule has 0 radical (unpaired) electrons. The monoisotopic (exact) mass is 241 g/mol. The van der Waals surface area contributed by atoms with Crippen LogP contribution >= 0.6 is 0 Å². The van der Waals surface area contributed by atoms with E-state index in [-0.39, 0.29) is 12.4 Å². The zero-order valence-electron chi connectivity index (χ0n) is 9.32. The van der Waals surface area contributed by atoms with Crippen molar-refractivity contribution in [2.24, 2.45) is 0 Å². The van der Waals surface area contributed by atoms with E-state index in [2.05, 4.69) is 5.32 Å². The average molecular weight is 241 g/mol. The van der Waals surface area contributed by atoms with E-state index in [1.54, 1.807) is 6.07 Å². The SMILES string of the molecule is Cc1cc(C)c2c(c1)S(=O)(=O)CC(CO)N2. The van der Waals surface area contributed by atoms with Crippen LogP contribution in [0, 0.1) is 13.8 Å². The summed E-state index contributed by atoms with van der Waals surface area (Å²) in [4.78, 5) is 0.356. The number of aliphatic hydroxyl groups is 1. The molecule has 0 aliphatic carbocycles. The van der Waals surface area contributed by atoms with Crippen LogP contribution in [0.1, 0.15) is 11.1 Å². The maximum atomic E-state index is 12.0. The molecule has 16 heavy (non-hydrogen) atoms. The lowest BCUT2D eigenvalue weighted by molar-refractivity contribution is 0.281. The Morgan fingerprint density at radius 1 is 1.44 bits per heavy atom. The third-order valence-corrected chi connectivity index (χ3v) is 4.60. The first-order valence-corrected chi connectivity index (χ1v) is 6.80. The fourth-order valence-corrected chi connectivity index (χ4v) is 3.85. The summed E-state index contributed by atoms with van der Waals surface area (Å²) in [5.41, 5.74) is 2.47. The van der Waals surface area contributed by atoms with Gasteiger partial charge in [-0.3, -0.25) is 0 Å². The predicted molar refractivity (Wildman–Crippen MR) is 62.5 cm³/mol. The van der Waals surface area contributed by atoms with Crippen molar-refractivity contribution in [1.29, 1.82) is 0 Å². The summed E-state index contributed by atoms with van der Waals surface area (Å²) < 4.78 is 24.0. The van der Waals surface area contributed by atoms with E-state index < -0.39 is 15.9 Å². The molecule has 0 bridgehead atoms. The molecule has 5 heteroatoms. The van der Waals surface area contributed by atoms with Gasteiger partial charge in [0.2, 0.25) is 0 Å². The van der Waals surface area contributed by atoms with E-state index in [1.807, 2.05) is 19.9 Å². The van der Waals surface area contributed by atoms with Crippen molar-refractivity contribution in [3.05, 3.63) is 23.3 Å². The first kappa shape index (κ1) is 11.4. The highest BCUT2D eigenvalue weighted by atomic mass is 32.2. The topological polar surface area (TPSA) is 66.4 Å². The highest BCUT2D eigenvalue weighted by molar-refractivity contribution is 7.91. The number of nitrogens with one attached hydrogen (secondary N) is 1. The van der Waals surface area contributed by atoms with Crippen LogP contribution in [0.15, 0.2) is 17.0 Å². The van der Waals surface area contributed by atoms with Gasteiger partial charge in [0.1, 0.15) is 0 Å². The van der Waals surface area contributed by atoms with Gasteiger partial charge in [-0.25, -0.2) is 8.42 Å². The number of benzene rings is 1. The van der Waals surface area contributed by atoms with Crippen LogP contribution in [0.4, 0.5) is 5.69 Å². The Labute approximate surface area is 95.2 Å². The van der Waals surface area contributed by atoms with Crippen molar-refractivity contribution in [3.63, 3.8) is 0 Å². The smallest absolute Gasteiger partial charge is 0.182 e. The van der Waals surface area contributed by atoms with Gasteiger partial charge >= 0.3 is 0 Å². The van der Waals surface area contributed by atoms with Crippen molar-refractivity contribution in [3.8, 4) is 0 Å². The summed E-state index contributed by atoms with van der Waals surface area (Å²) in [6.07, 6.45) is 0. The van der Waals surface area contributed by atoms with E-state index in [0.29, 0.717) is 10.6 Å². The molecule has 2 N–H and O–H groups in total. The van der Waals surface area contributed by atoms with Crippen molar-refractivity contribution in [2.75, 3.05) is 17.7 Å². The van der Waals surface area contributed by atoms with Crippen molar-refractivity contribution >= 4 is 15.5 Å². The third-order valence-electron chi connectivity index (χ3n) is 2.77. The number of aliphatic hydroxyl groups excluding tert-OH is 1. The lowest BCUT2D eigenvalue weighted by Gasteiger charge is -2.27. The molecule has 2 rings (SSSR count). The summed E-state index contributed by atoms with van der Waals surface area (Å²) in [5, 5.41) is 12.1. The maximum Gasteiger partial charge on any atom is 0.182 e. The minimum absolute atomic E-state index is 0.0423. The molecule has 1 atom stereocenters. The summed E-state index contributed by atoms with van der Waals surface area (Å²) >= 11 is 0. The Morgan fingerprint density at radius 2 is 2.12 bits per heavy atom. The molecule has 0 saturated heterocycles. The number of aryl methyl sites for hydroxylation is 2. The van der Waals surface area contributed by atoms with Crippen LogP contribution in [0.2, 0.25) is 0 Å². The molecule has 88 valence electrons. The highest BCUT2D eigenvalue weighted by Crippen LogP contribution is 2.32. The number of anilines is 1. The Balaban J connectivity index is 2.64. The Morgan fingerprint density at radius 3 is 2.75 bits per heavy atom. The fourth-order valence-electron chi connectivity index (χ4n) is 2.06. The van der Waals surface area contributed by atoms with Gasteiger partial charge in [-0.1, -0.05) is 6.07 Å².